The highest BCUT2D eigenvalue weighted by Crippen LogP contribution is 2.29. The van der Waals surface area contributed by atoms with Crippen molar-refractivity contribution in [2.75, 3.05) is 13.7 Å². The zero-order chi connectivity index (χ0) is 15.9. The summed E-state index contributed by atoms with van der Waals surface area (Å²) in [5.74, 6) is 0.459. The molecule has 6 nitrogen and oxygen atoms in total. The van der Waals surface area contributed by atoms with Crippen LogP contribution in [0.1, 0.15) is 26.2 Å². The summed E-state index contributed by atoms with van der Waals surface area (Å²) in [6.07, 6.45) is 2.32. The van der Waals surface area contributed by atoms with Crippen LogP contribution in [-0.2, 0) is 0 Å². The van der Waals surface area contributed by atoms with Crippen molar-refractivity contribution < 1.29 is 9.66 Å². The summed E-state index contributed by atoms with van der Waals surface area (Å²) in [6.45, 7) is 2.30. The monoisotopic (exact) mass is 355 g/mol. The normalized spacial score (nSPS) is 13.2. The number of nitro benzene ring substituents is 1. The third-order valence-electron chi connectivity index (χ3n) is 3.25. The van der Waals surface area contributed by atoms with Crippen LogP contribution in [0.5, 0.6) is 5.75 Å². The molecule has 0 fully saturated rings. The lowest BCUT2D eigenvalue weighted by atomic mass is 9.97. The minimum Gasteiger partial charge on any atom is -0.492 e. The molecule has 1 unspecified atom stereocenters. The number of nitro groups is 1. The lowest BCUT2D eigenvalue weighted by Gasteiger charge is -2.20. The van der Waals surface area contributed by atoms with Crippen LogP contribution < -0.4 is 10.1 Å². The number of nitrogens with one attached hydrogen (secondary N) is 1. The Kier molecular flexibility index (Phi) is 6.59. The maximum Gasteiger partial charge on any atom is 0.273 e. The zero-order valence-corrected chi connectivity index (χ0v) is 13.6. The van der Waals surface area contributed by atoms with Gasteiger partial charge in [0.2, 0.25) is 0 Å². The molecule has 0 spiro atoms. The fraction of sp³-hybridized carbons (Fsp3) is 0.500. The summed E-state index contributed by atoms with van der Waals surface area (Å²) in [6, 6.07) is 6.65. The molecule has 1 N–H and O–H groups in total. The van der Waals surface area contributed by atoms with Crippen molar-refractivity contribution >= 4 is 21.6 Å². The second kappa shape index (κ2) is 7.96. The quantitative estimate of drug-likeness (QED) is 0.438. The van der Waals surface area contributed by atoms with Crippen molar-refractivity contribution in [2.45, 2.75) is 31.7 Å². The molecule has 0 radical (unpaired) electrons. The van der Waals surface area contributed by atoms with Gasteiger partial charge in [0.25, 0.3) is 5.69 Å². The lowest BCUT2D eigenvalue weighted by Crippen LogP contribution is -2.37. The Balaban J connectivity index is 2.45. The lowest BCUT2D eigenvalue weighted by molar-refractivity contribution is -0.385. The summed E-state index contributed by atoms with van der Waals surface area (Å²) < 4.78 is 6.24. The van der Waals surface area contributed by atoms with E-state index in [9.17, 15) is 10.1 Å². The van der Waals surface area contributed by atoms with Crippen molar-refractivity contribution in [3.05, 3.63) is 32.8 Å². The first-order valence-electron chi connectivity index (χ1n) is 6.59. The van der Waals surface area contributed by atoms with E-state index in [2.05, 4.69) is 27.3 Å². The minimum atomic E-state index is -0.522. The van der Waals surface area contributed by atoms with Crippen molar-refractivity contribution in [1.82, 2.24) is 5.32 Å². The predicted molar refractivity (Wildman–Crippen MR) is 83.2 cm³/mol. The van der Waals surface area contributed by atoms with Gasteiger partial charge in [-0.2, -0.15) is 5.26 Å². The number of nitrogens with zero attached hydrogens (tertiary/aromatic N) is 2. The van der Waals surface area contributed by atoms with Gasteiger partial charge in [0.15, 0.2) is 0 Å². The van der Waals surface area contributed by atoms with Gasteiger partial charge in [0.1, 0.15) is 11.3 Å². The molecule has 1 atom stereocenters. The van der Waals surface area contributed by atoms with Crippen LogP contribution in [0.3, 0.4) is 0 Å². The number of ether oxygens (including phenoxy) is 1. The topological polar surface area (TPSA) is 88.2 Å². The molecule has 114 valence electrons. The average Bonchev–Trinajstić information content (AvgIpc) is 2.48. The average molecular weight is 356 g/mol. The number of unbranched alkanes of at least 4 members (excludes halogenated alkanes) is 1. The molecule has 7 heteroatoms. The molecule has 0 amide bonds. The van der Waals surface area contributed by atoms with E-state index in [1.54, 1.807) is 13.1 Å². The molecule has 1 aromatic rings. The van der Waals surface area contributed by atoms with Crippen LogP contribution in [-0.4, -0.2) is 24.1 Å². The number of rotatable bonds is 8. The molecule has 0 bridgehead atoms. The molecule has 0 saturated carbocycles. The van der Waals surface area contributed by atoms with Crippen LogP contribution in [0.4, 0.5) is 5.69 Å². The van der Waals surface area contributed by atoms with E-state index in [0.717, 1.165) is 19.3 Å². The van der Waals surface area contributed by atoms with Crippen LogP contribution in [0, 0.1) is 21.4 Å². The van der Waals surface area contributed by atoms with Crippen LogP contribution in [0.25, 0.3) is 0 Å². The Hall–Kier alpha value is -1.65. The number of nitriles is 1. The van der Waals surface area contributed by atoms with Gasteiger partial charge >= 0.3 is 0 Å². The Morgan fingerprint density at radius 2 is 2.24 bits per heavy atom. The van der Waals surface area contributed by atoms with Gasteiger partial charge < -0.3 is 10.1 Å². The van der Waals surface area contributed by atoms with Gasteiger partial charge in [0, 0.05) is 6.07 Å². The summed E-state index contributed by atoms with van der Waals surface area (Å²) in [5.41, 5.74) is -0.521. The third-order valence-corrected chi connectivity index (χ3v) is 3.91. The van der Waals surface area contributed by atoms with Gasteiger partial charge in [-0.25, -0.2) is 0 Å². The van der Waals surface area contributed by atoms with E-state index in [1.165, 1.54) is 12.1 Å². The van der Waals surface area contributed by atoms with Crippen molar-refractivity contribution in [2.24, 2.45) is 0 Å². The molecule has 0 aliphatic heterocycles. The first-order chi connectivity index (χ1) is 9.91. The SMILES string of the molecule is CNC(C)(C#N)CCCCOc1cc([N+](=O)[O-])ccc1Br. The number of hydrogen-bond acceptors (Lipinski definition) is 5. The largest absolute Gasteiger partial charge is 0.492 e. The van der Waals surface area contributed by atoms with Crippen molar-refractivity contribution in [3.8, 4) is 11.8 Å². The first kappa shape index (κ1) is 17.4. The summed E-state index contributed by atoms with van der Waals surface area (Å²) in [4.78, 5) is 10.3. The fourth-order valence-electron chi connectivity index (χ4n) is 1.72. The second-order valence-corrected chi connectivity index (χ2v) is 5.73. The van der Waals surface area contributed by atoms with Crippen LogP contribution in [0.15, 0.2) is 22.7 Å². The van der Waals surface area contributed by atoms with E-state index in [0.29, 0.717) is 16.8 Å². The molecule has 0 aliphatic carbocycles. The molecule has 1 rings (SSSR count). The Bertz CT molecular complexity index is 545. The van der Waals surface area contributed by atoms with E-state index >= 15 is 0 Å². The van der Waals surface area contributed by atoms with Gasteiger partial charge in [-0.15, -0.1) is 0 Å². The fourth-order valence-corrected chi connectivity index (χ4v) is 2.08. The first-order valence-corrected chi connectivity index (χ1v) is 7.38. The highest BCUT2D eigenvalue weighted by atomic mass is 79.9. The molecule has 0 aromatic heterocycles. The van der Waals surface area contributed by atoms with E-state index < -0.39 is 10.5 Å². The molecular weight excluding hydrogens is 338 g/mol. The Morgan fingerprint density at radius 3 is 2.81 bits per heavy atom. The minimum absolute atomic E-state index is 0.000406. The van der Waals surface area contributed by atoms with Crippen LogP contribution >= 0.6 is 15.9 Å². The smallest absolute Gasteiger partial charge is 0.273 e. The zero-order valence-electron chi connectivity index (χ0n) is 12.1. The highest BCUT2D eigenvalue weighted by molar-refractivity contribution is 9.10. The summed E-state index contributed by atoms with van der Waals surface area (Å²) >= 11 is 3.30. The Morgan fingerprint density at radius 1 is 1.52 bits per heavy atom. The van der Waals surface area contributed by atoms with Crippen molar-refractivity contribution in [1.29, 1.82) is 5.26 Å². The molecular formula is C14H18BrN3O3. The van der Waals surface area contributed by atoms with Gasteiger partial charge in [0.05, 0.1) is 28.1 Å². The standard InChI is InChI=1S/C14H18BrN3O3/c1-14(10-16,17-2)7-3-4-8-21-13-9-11(18(19)20)5-6-12(13)15/h5-6,9,17H,3-4,7-8H2,1-2H3. The predicted octanol–water partition coefficient (Wildman–Crippen LogP) is 3.41. The number of hydrogen-bond donors (Lipinski definition) is 1. The van der Waals surface area contributed by atoms with Gasteiger partial charge in [-0.1, -0.05) is 0 Å². The van der Waals surface area contributed by atoms with Crippen molar-refractivity contribution in [3.63, 3.8) is 0 Å². The number of halogens is 1. The third kappa shape index (κ3) is 5.33. The maximum absolute atomic E-state index is 10.7. The number of non-ortho nitro benzene ring substituents is 1. The molecule has 0 heterocycles. The number of benzene rings is 1. The van der Waals surface area contributed by atoms with Crippen LogP contribution in [0.2, 0.25) is 0 Å². The molecule has 0 saturated heterocycles. The maximum atomic E-state index is 10.7. The van der Waals surface area contributed by atoms with E-state index in [4.69, 9.17) is 10.00 Å². The summed E-state index contributed by atoms with van der Waals surface area (Å²) in [5, 5.41) is 22.7. The molecule has 1 aromatic carbocycles. The van der Waals surface area contributed by atoms with Gasteiger partial charge in [-0.3, -0.25) is 10.1 Å². The van der Waals surface area contributed by atoms with Gasteiger partial charge in [-0.05, 0) is 55.2 Å². The summed E-state index contributed by atoms with van der Waals surface area (Å²) in [7, 11) is 1.76. The van der Waals surface area contributed by atoms with E-state index in [1.807, 2.05) is 6.92 Å². The molecule has 21 heavy (non-hydrogen) atoms. The highest BCUT2D eigenvalue weighted by Gasteiger charge is 2.19. The van der Waals surface area contributed by atoms with E-state index in [-0.39, 0.29) is 5.69 Å². The Labute approximate surface area is 132 Å². The molecule has 0 aliphatic rings. The second-order valence-electron chi connectivity index (χ2n) is 4.87.